The fraction of sp³-hybridized carbons (Fsp3) is 0.714. The van der Waals surface area contributed by atoms with E-state index in [1.807, 2.05) is 39.4 Å². The molecule has 460 valence electrons. The molecule has 0 aliphatic heterocycles. The van der Waals surface area contributed by atoms with Crippen molar-refractivity contribution in [1.29, 1.82) is 0 Å². The third-order valence-electron chi connectivity index (χ3n) is 14.0. The second-order valence-corrected chi connectivity index (χ2v) is 24.4. The first-order valence-electron chi connectivity index (χ1n) is 32.7. The Morgan fingerprint density at radius 2 is 0.812 bits per heavy atom. The maximum Gasteiger partial charge on any atom is 0.472 e. The number of phosphoric ester groups is 1. The van der Waals surface area contributed by atoms with E-state index in [1.165, 1.54) is 148 Å². The Hall–Kier alpha value is -3.33. The van der Waals surface area contributed by atoms with Crippen LogP contribution in [0, 0.1) is 0 Å². The third kappa shape index (κ3) is 59.3. The lowest BCUT2D eigenvalue weighted by Gasteiger charge is -2.27. The van der Waals surface area contributed by atoms with Crippen molar-refractivity contribution in [3.8, 4) is 0 Å². The first-order valence-corrected chi connectivity index (χ1v) is 34.2. The van der Waals surface area contributed by atoms with Crippen LogP contribution in [0.15, 0.2) is 109 Å². The van der Waals surface area contributed by atoms with Gasteiger partial charge in [-0.3, -0.25) is 18.6 Å². The van der Waals surface area contributed by atoms with Crippen LogP contribution in [-0.2, 0) is 27.9 Å². The van der Waals surface area contributed by atoms with Crippen LogP contribution in [0.2, 0.25) is 0 Å². The van der Waals surface area contributed by atoms with Crippen LogP contribution in [0.3, 0.4) is 0 Å². The molecule has 0 saturated carbocycles. The molecule has 0 heterocycles. The predicted molar refractivity (Wildman–Crippen MR) is 346 cm³/mol. The van der Waals surface area contributed by atoms with Crippen LogP contribution in [0.25, 0.3) is 0 Å². The number of hydrogen-bond donors (Lipinski definition) is 2. The summed E-state index contributed by atoms with van der Waals surface area (Å²) in [6.07, 6.45) is 81.1. The lowest BCUT2D eigenvalue weighted by Crippen LogP contribution is -2.47. The summed E-state index contributed by atoms with van der Waals surface area (Å²) in [6.45, 7) is 6.82. The van der Waals surface area contributed by atoms with E-state index >= 15 is 0 Å². The highest BCUT2D eigenvalue weighted by atomic mass is 31.2. The van der Waals surface area contributed by atoms with Crippen molar-refractivity contribution in [2.24, 2.45) is 0 Å². The Kier molecular flexibility index (Phi) is 56.4. The van der Waals surface area contributed by atoms with Gasteiger partial charge in [-0.25, -0.2) is 4.57 Å². The largest absolute Gasteiger partial charge is 0.472 e. The number of carbonyl (C=O) groups is 2. The number of allylic oxidation sites excluding steroid dienone is 17. The molecule has 2 N–H and O–H groups in total. The number of nitrogens with one attached hydrogen (secondary N) is 1. The van der Waals surface area contributed by atoms with Gasteiger partial charge in [-0.1, -0.05) is 265 Å². The number of nitrogens with zero attached hydrogens (tertiary/aromatic N) is 1. The zero-order valence-electron chi connectivity index (χ0n) is 52.5. The molecular formula is C70H124N2O7P+. The van der Waals surface area contributed by atoms with Crippen molar-refractivity contribution in [2.45, 2.75) is 283 Å². The Labute approximate surface area is 493 Å². The number of likely N-dealkylation sites (N-methyl/N-ethyl adjacent to an activating group) is 1. The normalized spacial score (nSPS) is 14.3. The number of carbonyl (C=O) groups excluding carboxylic acids is 2. The smallest absolute Gasteiger partial charge is 0.456 e. The molecule has 0 bridgehead atoms. The molecule has 0 saturated heterocycles. The monoisotopic (exact) mass is 1140 g/mol. The lowest BCUT2D eigenvalue weighted by atomic mass is 10.0. The van der Waals surface area contributed by atoms with E-state index in [1.54, 1.807) is 0 Å². The van der Waals surface area contributed by atoms with Gasteiger partial charge in [0.2, 0.25) is 5.91 Å². The number of esters is 1. The van der Waals surface area contributed by atoms with Crippen molar-refractivity contribution in [3.63, 3.8) is 0 Å². The van der Waals surface area contributed by atoms with Gasteiger partial charge in [0, 0.05) is 12.8 Å². The highest BCUT2D eigenvalue weighted by molar-refractivity contribution is 7.47. The van der Waals surface area contributed by atoms with E-state index in [4.69, 9.17) is 13.8 Å². The summed E-state index contributed by atoms with van der Waals surface area (Å²) in [5.74, 6) is -0.605. The summed E-state index contributed by atoms with van der Waals surface area (Å²) in [5.41, 5.74) is 0. The molecule has 0 aliphatic rings. The topological polar surface area (TPSA) is 111 Å². The summed E-state index contributed by atoms with van der Waals surface area (Å²) >= 11 is 0. The average Bonchev–Trinajstić information content (AvgIpc) is 3.42. The van der Waals surface area contributed by atoms with E-state index in [0.29, 0.717) is 17.4 Å². The van der Waals surface area contributed by atoms with Crippen molar-refractivity contribution in [2.75, 3.05) is 40.9 Å². The Bertz CT molecular complexity index is 1740. The molecule has 0 fully saturated rings. The van der Waals surface area contributed by atoms with Crippen molar-refractivity contribution in [1.82, 2.24) is 5.32 Å². The molecule has 0 aromatic rings. The Balaban J connectivity index is 5.24. The highest BCUT2D eigenvalue weighted by Crippen LogP contribution is 2.43. The molecule has 10 heteroatoms. The summed E-state index contributed by atoms with van der Waals surface area (Å²) in [5, 5.41) is 3.01. The molecule has 0 aromatic carbocycles. The number of unbranched alkanes of at least 4 members (excludes halogenated alkanes) is 26. The maximum atomic E-state index is 13.5. The second kappa shape index (κ2) is 58.9. The van der Waals surface area contributed by atoms with E-state index in [0.717, 1.165) is 83.5 Å². The van der Waals surface area contributed by atoms with Crippen LogP contribution < -0.4 is 5.32 Å². The number of rotatable bonds is 58. The molecule has 3 unspecified atom stereocenters. The van der Waals surface area contributed by atoms with E-state index in [-0.39, 0.29) is 37.9 Å². The minimum Gasteiger partial charge on any atom is -0.456 e. The number of ether oxygens (including phenoxy) is 1. The lowest BCUT2D eigenvalue weighted by molar-refractivity contribution is -0.870. The molecule has 3 atom stereocenters. The summed E-state index contributed by atoms with van der Waals surface area (Å²) < 4.78 is 30.7. The molecule has 80 heavy (non-hydrogen) atoms. The van der Waals surface area contributed by atoms with Crippen LogP contribution in [0.5, 0.6) is 0 Å². The first kappa shape index (κ1) is 76.7. The fourth-order valence-corrected chi connectivity index (χ4v) is 9.67. The maximum absolute atomic E-state index is 13.5. The zero-order valence-corrected chi connectivity index (χ0v) is 53.4. The second-order valence-electron chi connectivity index (χ2n) is 22.9. The third-order valence-corrected chi connectivity index (χ3v) is 14.9. The zero-order chi connectivity index (χ0) is 58.6. The molecule has 9 nitrogen and oxygen atoms in total. The van der Waals surface area contributed by atoms with Gasteiger partial charge >= 0.3 is 13.8 Å². The molecule has 0 aliphatic carbocycles. The average molecular weight is 1140 g/mol. The predicted octanol–water partition coefficient (Wildman–Crippen LogP) is 20.5. The molecular weight excluding hydrogens is 1010 g/mol. The first-order chi connectivity index (χ1) is 38.9. The standard InChI is InChI=1S/C70H123N2O7P/c1-7-10-13-16-19-22-25-28-30-32-33-34-35-36-37-38-39-40-42-45-48-51-54-57-60-63-70(74)79-68(61-58-55-52-49-46-43-27-24-21-18-15-12-9-3)67(66-78-80(75,76)77-65-64-72(4,5)6)71-69(73)62-59-56-53-50-47-44-41-31-29-26-23-20-17-14-11-8-2/h11,14,19-20,22-23,28-31,33-34,44,47,53,56,58,61,67-68H,7-10,12-13,15-18,21,24-27,32,35-43,45-46,48-52,54-55,57,59-60,62-66H2,1-6H3,(H-,71,73,75,76)/p+1/b14-11+,22-19-,23-20+,30-28-,31-29+,34-33-,47-44+,56-53+,61-58-. The minimum atomic E-state index is -4.48. The van der Waals surface area contributed by atoms with Crippen LogP contribution in [0.1, 0.15) is 271 Å². The number of quaternary nitrogens is 1. The quantitative estimate of drug-likeness (QED) is 0.0205. The van der Waals surface area contributed by atoms with Gasteiger partial charge in [0.1, 0.15) is 19.3 Å². The SMILES string of the molecule is CC/C=C/C/C=C/C/C=C/C/C=C/C/C=C/CCC(=O)NC(COP(=O)(O)OCC[N+](C)(C)C)C(/C=C\CCCCCCCCCCCCC)OC(=O)CCCCCCCCCCCCCC/C=C\C/C=C\C/C=C\CCCCC. The van der Waals surface area contributed by atoms with E-state index in [2.05, 4.69) is 117 Å². The van der Waals surface area contributed by atoms with Gasteiger partial charge in [-0.05, 0) is 102 Å². The van der Waals surface area contributed by atoms with E-state index in [9.17, 15) is 19.0 Å². The number of amides is 1. The summed E-state index contributed by atoms with van der Waals surface area (Å²) in [6, 6.07) is -0.895. The number of hydrogen-bond acceptors (Lipinski definition) is 6. The van der Waals surface area contributed by atoms with Crippen molar-refractivity contribution in [3.05, 3.63) is 109 Å². The minimum absolute atomic E-state index is 0.0222. The van der Waals surface area contributed by atoms with Gasteiger partial charge in [0.25, 0.3) is 0 Å². The number of phosphoric acid groups is 1. The molecule has 0 rings (SSSR count). The fourth-order valence-electron chi connectivity index (χ4n) is 8.93. The molecule has 0 radical (unpaired) electrons. The van der Waals surface area contributed by atoms with Gasteiger partial charge in [0.15, 0.2) is 0 Å². The Morgan fingerprint density at radius 1 is 0.450 bits per heavy atom. The molecule has 0 aromatic heterocycles. The van der Waals surface area contributed by atoms with Gasteiger partial charge in [0.05, 0.1) is 33.8 Å². The molecule has 1 amide bonds. The van der Waals surface area contributed by atoms with Crippen LogP contribution in [-0.4, -0.2) is 74.3 Å². The van der Waals surface area contributed by atoms with Gasteiger partial charge < -0.3 is 19.4 Å². The summed E-state index contributed by atoms with van der Waals surface area (Å²) in [7, 11) is 1.44. The van der Waals surface area contributed by atoms with Gasteiger partial charge in [-0.2, -0.15) is 0 Å². The van der Waals surface area contributed by atoms with Crippen LogP contribution in [0.4, 0.5) is 0 Å². The van der Waals surface area contributed by atoms with Crippen LogP contribution >= 0.6 is 7.82 Å². The summed E-state index contributed by atoms with van der Waals surface area (Å²) in [4.78, 5) is 37.7. The van der Waals surface area contributed by atoms with Crippen molar-refractivity contribution < 1.29 is 37.3 Å². The Morgan fingerprint density at radius 3 is 1.25 bits per heavy atom. The van der Waals surface area contributed by atoms with Gasteiger partial charge in [-0.15, -0.1) is 0 Å². The van der Waals surface area contributed by atoms with E-state index < -0.39 is 20.0 Å². The highest BCUT2D eigenvalue weighted by Gasteiger charge is 2.30. The van der Waals surface area contributed by atoms with Crippen molar-refractivity contribution >= 4 is 19.7 Å². The molecule has 0 spiro atoms.